The highest BCUT2D eigenvalue weighted by Crippen LogP contribution is 2.32. The fourth-order valence-corrected chi connectivity index (χ4v) is 2.38. The van der Waals surface area contributed by atoms with Crippen molar-refractivity contribution in [3.8, 4) is 5.69 Å². The van der Waals surface area contributed by atoms with Crippen molar-refractivity contribution in [3.05, 3.63) is 77.4 Å². The van der Waals surface area contributed by atoms with Crippen molar-refractivity contribution in [3.63, 3.8) is 0 Å². The first-order valence-corrected chi connectivity index (χ1v) is 7.06. The summed E-state index contributed by atoms with van der Waals surface area (Å²) in [6.07, 6.45) is -3.17. The number of carbonyl (C=O) groups is 1. The zero-order valence-corrected chi connectivity index (χ0v) is 12.6. The van der Waals surface area contributed by atoms with Crippen LogP contribution >= 0.6 is 0 Å². The Morgan fingerprint density at radius 1 is 1.08 bits per heavy atom. The summed E-state index contributed by atoms with van der Waals surface area (Å²) < 4.78 is 40.6. The molecule has 0 unspecified atom stereocenters. The number of hydrogen-bond acceptors (Lipinski definition) is 3. The molecule has 4 nitrogen and oxygen atoms in total. The van der Waals surface area contributed by atoms with Crippen LogP contribution in [0.2, 0.25) is 0 Å². The molecule has 0 aliphatic carbocycles. The summed E-state index contributed by atoms with van der Waals surface area (Å²) in [6, 6.07) is 11.2. The third kappa shape index (κ3) is 2.92. The van der Waals surface area contributed by atoms with Crippen LogP contribution in [-0.4, -0.2) is 20.5 Å². The van der Waals surface area contributed by atoms with Gasteiger partial charge in [0.1, 0.15) is 12.2 Å². The number of carbonyl (C=O) groups excluding carboxylic acids is 1. The van der Waals surface area contributed by atoms with Crippen LogP contribution in [0.4, 0.5) is 13.2 Å². The Labute approximate surface area is 135 Å². The summed E-state index contributed by atoms with van der Waals surface area (Å²) in [5, 5.41) is 7.54. The smallest absolute Gasteiger partial charge is 0.289 e. The number of rotatable bonds is 3. The van der Waals surface area contributed by atoms with E-state index >= 15 is 0 Å². The second-order valence-electron chi connectivity index (χ2n) is 5.17. The molecule has 0 bridgehead atoms. The number of ketones is 1. The molecule has 0 saturated heterocycles. The van der Waals surface area contributed by atoms with E-state index < -0.39 is 17.5 Å². The first-order valence-electron chi connectivity index (χ1n) is 7.06. The highest BCUT2D eigenvalue weighted by Gasteiger charge is 2.32. The van der Waals surface area contributed by atoms with E-state index in [0.717, 1.165) is 12.1 Å². The van der Waals surface area contributed by atoms with Gasteiger partial charge in [-0.2, -0.15) is 13.2 Å². The minimum atomic E-state index is -4.54. The van der Waals surface area contributed by atoms with E-state index in [2.05, 4.69) is 10.2 Å². The Morgan fingerprint density at radius 3 is 2.38 bits per heavy atom. The SMILES string of the molecule is Cc1nncn1-c1ccc(C(F)(F)F)cc1C(=O)c1ccccc1. The number of aromatic nitrogens is 3. The zero-order chi connectivity index (χ0) is 17.3. The number of halogens is 3. The molecule has 2 aromatic carbocycles. The third-order valence-corrected chi connectivity index (χ3v) is 3.58. The predicted octanol–water partition coefficient (Wildman–Crippen LogP) is 3.83. The number of benzene rings is 2. The average Bonchev–Trinajstić information content (AvgIpc) is 2.99. The van der Waals surface area contributed by atoms with E-state index in [-0.39, 0.29) is 5.56 Å². The second-order valence-corrected chi connectivity index (χ2v) is 5.17. The topological polar surface area (TPSA) is 47.8 Å². The average molecular weight is 331 g/mol. The Morgan fingerprint density at radius 2 is 1.79 bits per heavy atom. The van der Waals surface area contributed by atoms with Crippen LogP contribution in [0.25, 0.3) is 5.69 Å². The maximum absolute atomic E-state index is 13.0. The van der Waals surface area contributed by atoms with E-state index in [1.165, 1.54) is 17.0 Å². The number of aryl methyl sites for hydroxylation is 1. The third-order valence-electron chi connectivity index (χ3n) is 3.58. The van der Waals surface area contributed by atoms with Gasteiger partial charge in [0.05, 0.1) is 11.3 Å². The molecule has 7 heteroatoms. The van der Waals surface area contributed by atoms with Crippen LogP contribution < -0.4 is 0 Å². The van der Waals surface area contributed by atoms with Gasteiger partial charge in [-0.05, 0) is 25.1 Å². The Balaban J connectivity index is 2.20. The summed E-state index contributed by atoms with van der Waals surface area (Å²) in [5.41, 5.74) is -0.321. The molecule has 0 saturated carbocycles. The Bertz CT molecular complexity index is 886. The summed E-state index contributed by atoms with van der Waals surface area (Å²) in [5.74, 6) is -0.0262. The van der Waals surface area contributed by atoms with E-state index in [1.807, 2.05) is 0 Å². The fraction of sp³-hybridized carbons (Fsp3) is 0.118. The van der Waals surface area contributed by atoms with Gasteiger partial charge in [0.2, 0.25) is 0 Å². The summed E-state index contributed by atoms with van der Waals surface area (Å²) in [4.78, 5) is 12.7. The quantitative estimate of drug-likeness (QED) is 0.686. The lowest BCUT2D eigenvalue weighted by molar-refractivity contribution is -0.137. The minimum absolute atomic E-state index is 0.0566. The van der Waals surface area contributed by atoms with Crippen LogP contribution in [0.15, 0.2) is 54.9 Å². The molecule has 0 amide bonds. The van der Waals surface area contributed by atoms with Crippen molar-refractivity contribution in [2.45, 2.75) is 13.1 Å². The Kier molecular flexibility index (Phi) is 3.92. The van der Waals surface area contributed by atoms with Crippen molar-refractivity contribution in [2.75, 3.05) is 0 Å². The van der Waals surface area contributed by atoms with Crippen molar-refractivity contribution >= 4 is 5.78 Å². The lowest BCUT2D eigenvalue weighted by Gasteiger charge is -2.14. The number of hydrogen-bond donors (Lipinski definition) is 0. The standard InChI is InChI=1S/C17H12F3N3O/c1-11-22-21-10-23(11)15-8-7-13(17(18,19)20)9-14(15)16(24)12-5-3-2-4-6-12/h2-10H,1H3. The minimum Gasteiger partial charge on any atom is -0.289 e. The maximum atomic E-state index is 13.0. The van der Waals surface area contributed by atoms with Crippen LogP contribution in [0.3, 0.4) is 0 Å². The second kappa shape index (κ2) is 5.92. The highest BCUT2D eigenvalue weighted by atomic mass is 19.4. The van der Waals surface area contributed by atoms with Gasteiger partial charge in [-0.15, -0.1) is 10.2 Å². The Hall–Kier alpha value is -2.96. The van der Waals surface area contributed by atoms with Crippen LogP contribution in [0.5, 0.6) is 0 Å². The lowest BCUT2D eigenvalue weighted by atomic mass is 9.99. The zero-order valence-electron chi connectivity index (χ0n) is 12.6. The number of alkyl halides is 3. The highest BCUT2D eigenvalue weighted by molar-refractivity contribution is 6.11. The maximum Gasteiger partial charge on any atom is 0.416 e. The molecule has 1 heterocycles. The first kappa shape index (κ1) is 15.9. The predicted molar refractivity (Wildman–Crippen MR) is 81.0 cm³/mol. The van der Waals surface area contributed by atoms with Crippen LogP contribution in [-0.2, 0) is 6.18 Å². The molecule has 24 heavy (non-hydrogen) atoms. The molecule has 0 fully saturated rings. The molecule has 0 radical (unpaired) electrons. The van der Waals surface area contributed by atoms with Crippen molar-refractivity contribution in [2.24, 2.45) is 0 Å². The molecule has 0 aliphatic rings. The largest absolute Gasteiger partial charge is 0.416 e. The lowest BCUT2D eigenvalue weighted by Crippen LogP contribution is -2.12. The van der Waals surface area contributed by atoms with E-state index in [4.69, 9.17) is 0 Å². The molecule has 0 aliphatic heterocycles. The van der Waals surface area contributed by atoms with Crippen molar-refractivity contribution in [1.29, 1.82) is 0 Å². The molecule has 0 atom stereocenters. The van der Waals surface area contributed by atoms with Crippen LogP contribution in [0, 0.1) is 6.92 Å². The first-order chi connectivity index (χ1) is 11.4. The van der Waals surface area contributed by atoms with Gasteiger partial charge in [-0.1, -0.05) is 30.3 Å². The van der Waals surface area contributed by atoms with Crippen molar-refractivity contribution < 1.29 is 18.0 Å². The molecule has 3 aromatic rings. The monoisotopic (exact) mass is 331 g/mol. The van der Waals surface area contributed by atoms with Gasteiger partial charge < -0.3 is 0 Å². The normalized spacial score (nSPS) is 11.5. The van der Waals surface area contributed by atoms with Crippen molar-refractivity contribution in [1.82, 2.24) is 14.8 Å². The van der Waals surface area contributed by atoms with E-state index in [1.54, 1.807) is 37.3 Å². The molecule has 3 rings (SSSR count). The van der Waals surface area contributed by atoms with Crippen LogP contribution in [0.1, 0.15) is 27.3 Å². The molecule has 0 spiro atoms. The molecular weight excluding hydrogens is 319 g/mol. The van der Waals surface area contributed by atoms with Gasteiger partial charge >= 0.3 is 6.18 Å². The summed E-state index contributed by atoms with van der Waals surface area (Å²) in [7, 11) is 0. The van der Waals surface area contributed by atoms with Gasteiger partial charge in [0.15, 0.2) is 5.78 Å². The van der Waals surface area contributed by atoms with Gasteiger partial charge in [0.25, 0.3) is 0 Å². The summed E-state index contributed by atoms with van der Waals surface area (Å²) >= 11 is 0. The van der Waals surface area contributed by atoms with Gasteiger partial charge in [-0.25, -0.2) is 0 Å². The molecular formula is C17H12F3N3O. The summed E-state index contributed by atoms with van der Waals surface area (Å²) in [6.45, 7) is 1.65. The molecule has 0 N–H and O–H groups in total. The fourth-order valence-electron chi connectivity index (χ4n) is 2.38. The molecule has 122 valence electrons. The molecule has 1 aromatic heterocycles. The van der Waals surface area contributed by atoms with Gasteiger partial charge in [-0.3, -0.25) is 9.36 Å². The van der Waals surface area contributed by atoms with E-state index in [0.29, 0.717) is 17.1 Å². The number of nitrogens with zero attached hydrogens (tertiary/aromatic N) is 3. The van der Waals surface area contributed by atoms with E-state index in [9.17, 15) is 18.0 Å². The van der Waals surface area contributed by atoms with Gasteiger partial charge in [0, 0.05) is 11.1 Å².